The van der Waals surface area contributed by atoms with Crippen molar-refractivity contribution < 1.29 is 28.8 Å². The van der Waals surface area contributed by atoms with Gasteiger partial charge in [0, 0.05) is 18.7 Å². The number of hydrogen-bond acceptors (Lipinski definition) is 7. The van der Waals surface area contributed by atoms with Crippen molar-refractivity contribution in [3.8, 4) is 5.69 Å². The van der Waals surface area contributed by atoms with Crippen molar-refractivity contribution in [3.05, 3.63) is 64.0 Å². The molecular weight excluding hydrogens is 558 g/mol. The van der Waals surface area contributed by atoms with Gasteiger partial charge in [0.15, 0.2) is 6.79 Å². The lowest BCUT2D eigenvalue weighted by molar-refractivity contribution is -0.182. The zero-order valence-corrected chi connectivity index (χ0v) is 25.6. The number of aromatic nitrogens is 2. The van der Waals surface area contributed by atoms with Gasteiger partial charge >= 0.3 is 0 Å². The van der Waals surface area contributed by atoms with Gasteiger partial charge in [0.2, 0.25) is 5.79 Å². The Bertz CT molecular complexity index is 1600. The quantitative estimate of drug-likeness (QED) is 0.519. The molecule has 7 aliphatic rings. The lowest BCUT2D eigenvalue weighted by Crippen LogP contribution is -2.58. The third-order valence-corrected chi connectivity index (χ3v) is 12.4. The predicted molar refractivity (Wildman–Crippen MR) is 161 cm³/mol. The highest BCUT2D eigenvalue weighted by Gasteiger charge is 2.66. The van der Waals surface area contributed by atoms with Crippen LogP contribution in [0.1, 0.15) is 61.1 Å². The van der Waals surface area contributed by atoms with Crippen molar-refractivity contribution >= 4 is 12.0 Å². The Balaban J connectivity index is 1.02. The molecule has 4 fully saturated rings. The maximum atomic E-state index is 13.2. The molecule has 0 radical (unpaired) electrons. The number of amides is 1. The average molecular weight is 600 g/mol. The van der Waals surface area contributed by atoms with E-state index in [2.05, 4.69) is 19.9 Å². The maximum Gasteiger partial charge on any atom is 0.254 e. The smallest absolute Gasteiger partial charge is 0.254 e. The van der Waals surface area contributed by atoms with Crippen LogP contribution in [0, 0.1) is 28.6 Å². The summed E-state index contributed by atoms with van der Waals surface area (Å²) in [6.45, 7) is 8.47. The second-order valence-electron chi connectivity index (χ2n) is 14.5. The summed E-state index contributed by atoms with van der Waals surface area (Å²) in [5.41, 5.74) is 7.67. The Morgan fingerprint density at radius 3 is 2.80 bits per heavy atom. The van der Waals surface area contributed by atoms with E-state index < -0.39 is 11.9 Å². The van der Waals surface area contributed by atoms with Gasteiger partial charge in [-0.05, 0) is 102 Å². The third kappa shape index (κ3) is 3.70. The van der Waals surface area contributed by atoms with Crippen molar-refractivity contribution in [2.24, 2.45) is 28.6 Å². The highest BCUT2D eigenvalue weighted by atomic mass is 16.8. The SMILES string of the molecule is C[C@]12Cc3cnn(-c4cccc(C(=O)N5CCOCC5)c4)c3C=C1CC[C@@H]1[C@@H]2[C@@H](O)C[C@]2(C)C3=C(COC34COCO4)C[C@@H]12. The van der Waals surface area contributed by atoms with Crippen molar-refractivity contribution in [2.45, 2.75) is 57.8 Å². The fourth-order valence-electron chi connectivity index (χ4n) is 10.6. The number of carbonyl (C=O) groups excluding carboxylic acids is 1. The standard InChI is InChI=1S/C35H41N3O6/c1-33-15-23-17-36-38(25-5-3-4-21(12-25)32(40)37-8-10-41-11-9-37)28(23)14-24(33)6-7-26-27-13-22-18-43-35(19-42-20-44-35)31(22)34(27,2)16-29(39)30(26)33/h3-5,12,14,17,26-27,29-30,39H,6-11,13,15-16,18-20H2,1-2H3/t26-,27-,29-,30+,33-,34-,35?/m0/s1. The highest BCUT2D eigenvalue weighted by Crippen LogP contribution is 2.69. The average Bonchev–Trinajstić information content (AvgIpc) is 3.81. The molecule has 2 saturated carbocycles. The number of morpholine rings is 1. The number of aliphatic hydroxyl groups is 1. The summed E-state index contributed by atoms with van der Waals surface area (Å²) in [6, 6.07) is 7.82. The lowest BCUT2D eigenvalue weighted by Gasteiger charge is -2.60. The van der Waals surface area contributed by atoms with Gasteiger partial charge in [-0.25, -0.2) is 4.68 Å². The summed E-state index contributed by atoms with van der Waals surface area (Å²) >= 11 is 0. The Hall–Kier alpha value is -2.82. The molecular formula is C35H41N3O6. The van der Waals surface area contributed by atoms with E-state index in [-0.39, 0.29) is 29.4 Å². The van der Waals surface area contributed by atoms with E-state index >= 15 is 0 Å². The van der Waals surface area contributed by atoms with Crippen LogP contribution in [0.4, 0.5) is 0 Å². The molecule has 9 rings (SSSR count). The first kappa shape index (κ1) is 27.5. The van der Waals surface area contributed by atoms with Gasteiger partial charge in [0.05, 0.1) is 43.5 Å². The first-order chi connectivity index (χ1) is 21.3. The molecule has 1 amide bonds. The van der Waals surface area contributed by atoms with Gasteiger partial charge in [0.25, 0.3) is 5.91 Å². The summed E-state index contributed by atoms with van der Waals surface area (Å²) in [5, 5.41) is 16.9. The molecule has 7 atom stereocenters. The molecule has 2 aromatic rings. The molecule has 1 aromatic heterocycles. The number of aliphatic hydroxyl groups excluding tert-OH is 1. The molecule has 1 aromatic carbocycles. The first-order valence-corrected chi connectivity index (χ1v) is 16.3. The van der Waals surface area contributed by atoms with Crippen LogP contribution in [-0.4, -0.2) is 83.9 Å². The van der Waals surface area contributed by atoms with Gasteiger partial charge in [-0.1, -0.05) is 25.5 Å². The number of carbonyl (C=O) groups is 1. The summed E-state index contributed by atoms with van der Waals surface area (Å²) in [4.78, 5) is 15.1. The van der Waals surface area contributed by atoms with E-state index in [1.165, 1.54) is 22.3 Å². The molecule has 44 heavy (non-hydrogen) atoms. The van der Waals surface area contributed by atoms with E-state index in [0.29, 0.717) is 56.9 Å². The van der Waals surface area contributed by atoms with Crippen LogP contribution in [-0.2, 0) is 25.4 Å². The highest BCUT2D eigenvalue weighted by molar-refractivity contribution is 5.94. The van der Waals surface area contributed by atoms with Crippen molar-refractivity contribution in [1.82, 2.24) is 14.7 Å². The van der Waals surface area contributed by atoms with Crippen molar-refractivity contribution in [2.75, 3.05) is 46.3 Å². The van der Waals surface area contributed by atoms with Crippen LogP contribution in [0.25, 0.3) is 11.8 Å². The minimum absolute atomic E-state index is 0.0376. The normalized spacial score (nSPS) is 39.1. The number of fused-ring (bicyclic) bond motifs is 8. The number of nitrogens with zero attached hydrogens (tertiary/aromatic N) is 3. The first-order valence-electron chi connectivity index (χ1n) is 16.3. The van der Waals surface area contributed by atoms with Crippen LogP contribution in [0.5, 0.6) is 0 Å². The van der Waals surface area contributed by atoms with Gasteiger partial charge in [0.1, 0.15) is 6.61 Å². The molecule has 1 spiro atoms. The van der Waals surface area contributed by atoms with Crippen LogP contribution >= 0.6 is 0 Å². The molecule has 3 aliphatic heterocycles. The summed E-state index contributed by atoms with van der Waals surface area (Å²) in [5.74, 6) is 0.364. The van der Waals surface area contributed by atoms with E-state index in [1.54, 1.807) is 0 Å². The number of ether oxygens (including phenoxy) is 4. The molecule has 232 valence electrons. The van der Waals surface area contributed by atoms with Crippen LogP contribution in [0.2, 0.25) is 0 Å². The lowest BCUT2D eigenvalue weighted by atomic mass is 9.45. The van der Waals surface area contributed by atoms with Gasteiger partial charge in [-0.3, -0.25) is 4.79 Å². The molecule has 1 N–H and O–H groups in total. The Morgan fingerprint density at radius 1 is 1.11 bits per heavy atom. The minimum atomic E-state index is -0.756. The van der Waals surface area contributed by atoms with E-state index in [1.807, 2.05) is 40.0 Å². The molecule has 9 nitrogen and oxygen atoms in total. The van der Waals surface area contributed by atoms with E-state index in [0.717, 1.165) is 43.5 Å². The Labute approximate surface area is 257 Å². The predicted octanol–water partition coefficient (Wildman–Crippen LogP) is 4.13. The van der Waals surface area contributed by atoms with Crippen molar-refractivity contribution in [1.29, 1.82) is 0 Å². The van der Waals surface area contributed by atoms with E-state index in [4.69, 9.17) is 24.0 Å². The maximum absolute atomic E-state index is 13.2. The molecule has 1 unspecified atom stereocenters. The fourth-order valence-corrected chi connectivity index (χ4v) is 10.6. The zero-order chi connectivity index (χ0) is 29.8. The topological polar surface area (TPSA) is 95.3 Å². The van der Waals surface area contributed by atoms with Crippen LogP contribution < -0.4 is 0 Å². The van der Waals surface area contributed by atoms with Gasteiger partial charge in [-0.15, -0.1) is 0 Å². The fraction of sp³-hybridized carbons (Fsp3) is 0.600. The molecule has 9 heteroatoms. The summed E-state index contributed by atoms with van der Waals surface area (Å²) in [7, 11) is 0. The van der Waals surface area contributed by atoms with Gasteiger partial charge in [-0.2, -0.15) is 5.10 Å². The minimum Gasteiger partial charge on any atom is -0.393 e. The second kappa shape index (κ2) is 9.59. The number of hydrogen-bond donors (Lipinski definition) is 1. The monoisotopic (exact) mass is 599 g/mol. The molecule has 4 aliphatic carbocycles. The number of rotatable bonds is 2. The van der Waals surface area contributed by atoms with Crippen LogP contribution in [0.15, 0.2) is 47.2 Å². The van der Waals surface area contributed by atoms with E-state index in [9.17, 15) is 9.90 Å². The Kier molecular flexibility index (Phi) is 5.99. The van der Waals surface area contributed by atoms with Gasteiger partial charge < -0.3 is 29.0 Å². The summed E-state index contributed by atoms with van der Waals surface area (Å²) in [6.07, 6.45) is 8.63. The molecule has 4 heterocycles. The second-order valence-corrected chi connectivity index (χ2v) is 14.5. The zero-order valence-electron chi connectivity index (χ0n) is 25.6. The third-order valence-electron chi connectivity index (χ3n) is 12.4. The largest absolute Gasteiger partial charge is 0.393 e. The Morgan fingerprint density at radius 2 is 1.98 bits per heavy atom. The number of benzene rings is 1. The van der Waals surface area contributed by atoms with Crippen molar-refractivity contribution in [3.63, 3.8) is 0 Å². The number of allylic oxidation sites excluding steroid dienone is 1. The molecule has 0 bridgehead atoms. The summed E-state index contributed by atoms with van der Waals surface area (Å²) < 4.78 is 25.4. The van der Waals surface area contributed by atoms with Crippen LogP contribution in [0.3, 0.4) is 0 Å². The molecule has 2 saturated heterocycles.